The average Bonchev–Trinajstić information content (AvgIpc) is 2.50. The van der Waals surface area contributed by atoms with Gasteiger partial charge in [-0.15, -0.1) is 0 Å². The summed E-state index contributed by atoms with van der Waals surface area (Å²) in [7, 11) is 1.50. The molecule has 0 saturated heterocycles. The molecule has 2 aromatic carbocycles. The Morgan fingerprint density at radius 1 is 1.14 bits per heavy atom. The van der Waals surface area contributed by atoms with Gasteiger partial charge in [0.15, 0.2) is 18.2 Å². The second-order valence-corrected chi connectivity index (χ2v) is 4.19. The zero-order chi connectivity index (χ0) is 15.9. The van der Waals surface area contributed by atoms with Crippen LogP contribution in [0.3, 0.4) is 0 Å². The largest absolute Gasteiger partial charge is 0.493 e. The Morgan fingerprint density at radius 2 is 1.86 bits per heavy atom. The van der Waals surface area contributed by atoms with Crippen LogP contribution in [0.4, 0.5) is 19.3 Å². The number of halogens is 2. The number of carbonyl (C=O) groups excluding carboxylic acids is 1. The fraction of sp³-hybridized carbons (Fsp3) is 0.133. The Bertz CT molecular complexity index is 665. The SMILES string of the molecule is COc1ccccc1OCNC(=O)Nc1ccc(F)cc1F. The molecule has 22 heavy (non-hydrogen) atoms. The number of rotatable bonds is 5. The van der Waals surface area contributed by atoms with Gasteiger partial charge >= 0.3 is 6.03 Å². The summed E-state index contributed by atoms with van der Waals surface area (Å²) < 4.78 is 36.5. The molecule has 0 unspecified atom stereocenters. The highest BCUT2D eigenvalue weighted by molar-refractivity contribution is 5.89. The van der Waals surface area contributed by atoms with E-state index in [0.29, 0.717) is 17.6 Å². The van der Waals surface area contributed by atoms with E-state index in [4.69, 9.17) is 9.47 Å². The monoisotopic (exact) mass is 308 g/mol. The smallest absolute Gasteiger partial charge is 0.321 e. The van der Waals surface area contributed by atoms with Crippen molar-refractivity contribution in [2.45, 2.75) is 0 Å². The third-order valence-corrected chi connectivity index (χ3v) is 2.71. The summed E-state index contributed by atoms with van der Waals surface area (Å²) in [6.45, 7) is -0.144. The van der Waals surface area contributed by atoms with Crippen LogP contribution >= 0.6 is 0 Å². The molecule has 0 saturated carbocycles. The first-order chi connectivity index (χ1) is 10.6. The molecule has 7 heteroatoms. The van der Waals surface area contributed by atoms with Crippen LogP contribution in [0.1, 0.15) is 0 Å². The number of benzene rings is 2. The van der Waals surface area contributed by atoms with Crippen LogP contribution in [0, 0.1) is 11.6 Å². The number of methoxy groups -OCH3 is 1. The van der Waals surface area contributed by atoms with Gasteiger partial charge in [-0.25, -0.2) is 13.6 Å². The van der Waals surface area contributed by atoms with Crippen LogP contribution in [-0.2, 0) is 0 Å². The molecule has 0 atom stereocenters. The number of amides is 2. The minimum absolute atomic E-state index is 0.129. The molecule has 0 radical (unpaired) electrons. The number of anilines is 1. The van der Waals surface area contributed by atoms with Crippen LogP contribution in [0.15, 0.2) is 42.5 Å². The molecule has 2 amide bonds. The zero-order valence-corrected chi connectivity index (χ0v) is 11.7. The van der Waals surface area contributed by atoms with E-state index in [9.17, 15) is 13.6 Å². The van der Waals surface area contributed by atoms with E-state index in [1.54, 1.807) is 24.3 Å². The standard InChI is InChI=1S/C15H14F2N2O3/c1-21-13-4-2-3-5-14(13)22-9-18-15(20)19-12-7-6-10(16)8-11(12)17/h2-8H,9H2,1H3,(H2,18,19,20). The van der Waals surface area contributed by atoms with Gasteiger partial charge in [-0.1, -0.05) is 12.1 Å². The molecule has 116 valence electrons. The lowest BCUT2D eigenvalue weighted by Crippen LogP contribution is -2.32. The van der Waals surface area contributed by atoms with Gasteiger partial charge in [-0.05, 0) is 24.3 Å². The van der Waals surface area contributed by atoms with E-state index in [-0.39, 0.29) is 12.4 Å². The number of urea groups is 1. The van der Waals surface area contributed by atoms with Gasteiger partial charge < -0.3 is 20.1 Å². The van der Waals surface area contributed by atoms with E-state index in [1.807, 2.05) is 0 Å². The quantitative estimate of drug-likeness (QED) is 0.834. The highest BCUT2D eigenvalue weighted by Gasteiger charge is 2.08. The molecule has 2 N–H and O–H groups in total. The molecule has 0 aliphatic heterocycles. The van der Waals surface area contributed by atoms with Crippen LogP contribution in [-0.4, -0.2) is 19.9 Å². The lowest BCUT2D eigenvalue weighted by molar-refractivity contribution is 0.231. The van der Waals surface area contributed by atoms with Gasteiger partial charge in [0.2, 0.25) is 0 Å². The van der Waals surface area contributed by atoms with Crippen molar-refractivity contribution in [2.24, 2.45) is 0 Å². The fourth-order valence-corrected chi connectivity index (χ4v) is 1.67. The number of nitrogens with one attached hydrogen (secondary N) is 2. The first-order valence-electron chi connectivity index (χ1n) is 6.36. The normalized spacial score (nSPS) is 9.95. The van der Waals surface area contributed by atoms with E-state index in [0.717, 1.165) is 12.1 Å². The van der Waals surface area contributed by atoms with Crippen molar-refractivity contribution in [3.63, 3.8) is 0 Å². The van der Waals surface area contributed by atoms with Crippen LogP contribution in [0.25, 0.3) is 0 Å². The first-order valence-corrected chi connectivity index (χ1v) is 6.36. The molecule has 2 aromatic rings. The summed E-state index contributed by atoms with van der Waals surface area (Å²) in [5.74, 6) is -0.601. The maximum Gasteiger partial charge on any atom is 0.321 e. The lowest BCUT2D eigenvalue weighted by Gasteiger charge is -2.12. The summed E-state index contributed by atoms with van der Waals surface area (Å²) in [5.41, 5.74) is -0.129. The molecular weight excluding hydrogens is 294 g/mol. The number of hydrogen-bond donors (Lipinski definition) is 2. The predicted molar refractivity (Wildman–Crippen MR) is 77.0 cm³/mol. The molecule has 2 rings (SSSR count). The Morgan fingerprint density at radius 3 is 2.55 bits per heavy atom. The van der Waals surface area contributed by atoms with Crippen molar-refractivity contribution >= 4 is 11.7 Å². The van der Waals surface area contributed by atoms with Crippen LogP contribution in [0.5, 0.6) is 11.5 Å². The number of hydrogen-bond acceptors (Lipinski definition) is 3. The molecule has 0 aliphatic rings. The van der Waals surface area contributed by atoms with Gasteiger partial charge in [0.05, 0.1) is 12.8 Å². The van der Waals surface area contributed by atoms with Gasteiger partial charge in [-0.3, -0.25) is 0 Å². The predicted octanol–water partition coefficient (Wildman–Crippen LogP) is 3.13. The van der Waals surface area contributed by atoms with Gasteiger partial charge in [-0.2, -0.15) is 0 Å². The Balaban J connectivity index is 1.85. The van der Waals surface area contributed by atoms with Crippen molar-refractivity contribution in [2.75, 3.05) is 19.2 Å². The molecule has 0 heterocycles. The molecule has 0 bridgehead atoms. The van der Waals surface area contributed by atoms with Gasteiger partial charge in [0.1, 0.15) is 11.6 Å². The Hall–Kier alpha value is -2.83. The highest BCUT2D eigenvalue weighted by atomic mass is 19.1. The minimum Gasteiger partial charge on any atom is -0.493 e. The third kappa shape index (κ3) is 4.08. The Kier molecular flexibility index (Phi) is 5.13. The lowest BCUT2D eigenvalue weighted by atomic mass is 10.3. The molecule has 0 aromatic heterocycles. The topological polar surface area (TPSA) is 59.6 Å². The molecule has 0 fully saturated rings. The van der Waals surface area contributed by atoms with Gasteiger partial charge in [0, 0.05) is 6.07 Å². The highest BCUT2D eigenvalue weighted by Crippen LogP contribution is 2.25. The minimum atomic E-state index is -0.860. The summed E-state index contributed by atoms with van der Waals surface area (Å²) in [5, 5.41) is 4.63. The van der Waals surface area contributed by atoms with Crippen molar-refractivity contribution in [3.8, 4) is 11.5 Å². The number of ether oxygens (including phenoxy) is 2. The molecule has 5 nitrogen and oxygen atoms in total. The van der Waals surface area contributed by atoms with Crippen molar-refractivity contribution in [1.82, 2.24) is 5.32 Å². The van der Waals surface area contributed by atoms with E-state index in [1.165, 1.54) is 7.11 Å². The Labute approximate surface area is 125 Å². The van der Waals surface area contributed by atoms with Crippen molar-refractivity contribution in [1.29, 1.82) is 0 Å². The van der Waals surface area contributed by atoms with E-state index >= 15 is 0 Å². The van der Waals surface area contributed by atoms with Gasteiger partial charge in [0.25, 0.3) is 0 Å². The van der Waals surface area contributed by atoms with E-state index in [2.05, 4.69) is 10.6 Å². The van der Waals surface area contributed by atoms with Crippen molar-refractivity contribution < 1.29 is 23.0 Å². The fourth-order valence-electron chi connectivity index (χ4n) is 1.67. The number of carbonyl (C=O) groups is 1. The van der Waals surface area contributed by atoms with Crippen molar-refractivity contribution in [3.05, 3.63) is 54.1 Å². The second kappa shape index (κ2) is 7.26. The zero-order valence-electron chi connectivity index (χ0n) is 11.7. The van der Waals surface area contributed by atoms with Crippen LogP contribution in [0.2, 0.25) is 0 Å². The summed E-state index contributed by atoms with van der Waals surface area (Å²) >= 11 is 0. The maximum atomic E-state index is 13.4. The second-order valence-electron chi connectivity index (χ2n) is 4.19. The summed E-state index contributed by atoms with van der Waals surface area (Å²) in [6.07, 6.45) is 0. The maximum absolute atomic E-state index is 13.4. The number of para-hydroxylation sites is 2. The molecule has 0 aliphatic carbocycles. The first kappa shape index (κ1) is 15.6. The third-order valence-electron chi connectivity index (χ3n) is 2.71. The molecular formula is C15H14F2N2O3. The van der Waals surface area contributed by atoms with E-state index < -0.39 is 17.7 Å². The average molecular weight is 308 g/mol. The summed E-state index contributed by atoms with van der Waals surface area (Å²) in [6, 6.07) is 9.10. The summed E-state index contributed by atoms with van der Waals surface area (Å²) in [4.78, 5) is 11.6. The molecule has 0 spiro atoms. The van der Waals surface area contributed by atoms with Crippen LogP contribution < -0.4 is 20.1 Å².